The molecule has 1 atom stereocenters. The SMILES string of the molecule is COCCNC(=O)[C@H](C)NC(=O)c1cc2c([nH]c3ccccc32)c(C)n1. The molecule has 0 saturated heterocycles. The zero-order valence-corrected chi connectivity index (χ0v) is 15.1. The first kappa shape index (κ1) is 17.9. The number of ether oxygens (including phenoxy) is 1. The van der Waals surface area contributed by atoms with Crippen molar-refractivity contribution in [3.63, 3.8) is 0 Å². The van der Waals surface area contributed by atoms with Crippen molar-refractivity contribution in [3.05, 3.63) is 41.7 Å². The molecule has 0 aliphatic rings. The number of methoxy groups -OCH3 is 1. The smallest absolute Gasteiger partial charge is 0.270 e. The Kier molecular flexibility index (Phi) is 5.18. The number of rotatable bonds is 6. The lowest BCUT2D eigenvalue weighted by Crippen LogP contribution is -2.45. The van der Waals surface area contributed by atoms with Gasteiger partial charge in [-0.1, -0.05) is 18.2 Å². The normalized spacial score (nSPS) is 12.3. The number of fused-ring (bicyclic) bond motifs is 3. The molecule has 2 amide bonds. The lowest BCUT2D eigenvalue weighted by Gasteiger charge is -2.14. The van der Waals surface area contributed by atoms with Gasteiger partial charge in [-0.25, -0.2) is 4.98 Å². The number of nitrogens with one attached hydrogen (secondary N) is 3. The summed E-state index contributed by atoms with van der Waals surface area (Å²) in [4.78, 5) is 32.3. The Morgan fingerprint density at radius 3 is 2.81 bits per heavy atom. The van der Waals surface area contributed by atoms with Crippen molar-refractivity contribution in [3.8, 4) is 0 Å². The van der Waals surface area contributed by atoms with E-state index in [0.717, 1.165) is 27.5 Å². The van der Waals surface area contributed by atoms with E-state index in [1.807, 2.05) is 31.2 Å². The monoisotopic (exact) mass is 354 g/mol. The zero-order valence-electron chi connectivity index (χ0n) is 15.1. The van der Waals surface area contributed by atoms with E-state index < -0.39 is 6.04 Å². The molecule has 0 saturated carbocycles. The Balaban J connectivity index is 1.82. The van der Waals surface area contributed by atoms with E-state index >= 15 is 0 Å². The van der Waals surface area contributed by atoms with Crippen molar-refractivity contribution in [1.82, 2.24) is 20.6 Å². The molecule has 26 heavy (non-hydrogen) atoms. The summed E-state index contributed by atoms with van der Waals surface area (Å²) in [5.41, 5.74) is 2.93. The number of amides is 2. The predicted octanol–water partition coefficient (Wildman–Crippen LogP) is 1.91. The second-order valence-electron chi connectivity index (χ2n) is 6.17. The summed E-state index contributed by atoms with van der Waals surface area (Å²) < 4.78 is 4.89. The van der Waals surface area contributed by atoms with Crippen LogP contribution in [0.5, 0.6) is 0 Å². The lowest BCUT2D eigenvalue weighted by atomic mass is 10.1. The van der Waals surface area contributed by atoms with Crippen molar-refractivity contribution in [2.75, 3.05) is 20.3 Å². The summed E-state index contributed by atoms with van der Waals surface area (Å²) in [7, 11) is 1.56. The number of carbonyl (C=O) groups excluding carboxylic acids is 2. The Labute approximate surface area is 151 Å². The number of pyridine rings is 1. The van der Waals surface area contributed by atoms with Crippen molar-refractivity contribution >= 4 is 33.6 Å². The second kappa shape index (κ2) is 7.53. The van der Waals surface area contributed by atoms with Gasteiger partial charge in [0.1, 0.15) is 11.7 Å². The van der Waals surface area contributed by atoms with Gasteiger partial charge >= 0.3 is 0 Å². The number of benzene rings is 1. The first-order chi connectivity index (χ1) is 12.5. The first-order valence-electron chi connectivity index (χ1n) is 8.47. The van der Waals surface area contributed by atoms with E-state index in [2.05, 4.69) is 20.6 Å². The minimum atomic E-state index is -0.667. The predicted molar refractivity (Wildman–Crippen MR) is 100 cm³/mol. The summed E-state index contributed by atoms with van der Waals surface area (Å²) in [6.45, 7) is 4.31. The summed E-state index contributed by atoms with van der Waals surface area (Å²) in [5.74, 6) is -0.644. The Hall–Kier alpha value is -2.93. The topological polar surface area (TPSA) is 96.1 Å². The molecule has 136 valence electrons. The molecule has 0 radical (unpaired) electrons. The molecule has 7 heteroatoms. The quantitative estimate of drug-likeness (QED) is 0.589. The molecular formula is C19H22N4O3. The molecule has 0 aliphatic heterocycles. The molecule has 3 N–H and O–H groups in total. The minimum absolute atomic E-state index is 0.264. The van der Waals surface area contributed by atoms with Gasteiger partial charge in [-0.05, 0) is 26.0 Å². The van der Waals surface area contributed by atoms with Crippen LogP contribution in [0.4, 0.5) is 0 Å². The van der Waals surface area contributed by atoms with Crippen molar-refractivity contribution in [2.24, 2.45) is 0 Å². The maximum absolute atomic E-state index is 12.6. The van der Waals surface area contributed by atoms with Crippen LogP contribution in [0.2, 0.25) is 0 Å². The molecule has 3 aromatic rings. The lowest BCUT2D eigenvalue weighted by molar-refractivity contribution is -0.122. The second-order valence-corrected chi connectivity index (χ2v) is 6.17. The molecule has 0 aliphatic carbocycles. The third-order valence-corrected chi connectivity index (χ3v) is 4.26. The molecule has 2 aromatic heterocycles. The molecule has 2 heterocycles. The molecule has 0 unspecified atom stereocenters. The van der Waals surface area contributed by atoms with E-state index in [0.29, 0.717) is 13.2 Å². The fourth-order valence-electron chi connectivity index (χ4n) is 2.89. The van der Waals surface area contributed by atoms with Crippen LogP contribution in [0.15, 0.2) is 30.3 Å². The maximum Gasteiger partial charge on any atom is 0.270 e. The van der Waals surface area contributed by atoms with Crippen LogP contribution in [0.3, 0.4) is 0 Å². The van der Waals surface area contributed by atoms with E-state index in [1.54, 1.807) is 20.1 Å². The number of nitrogens with zero attached hydrogens (tertiary/aromatic N) is 1. The van der Waals surface area contributed by atoms with Gasteiger partial charge in [0.2, 0.25) is 5.91 Å². The fraction of sp³-hybridized carbons (Fsp3) is 0.316. The van der Waals surface area contributed by atoms with Crippen LogP contribution >= 0.6 is 0 Å². The number of H-pyrrole nitrogens is 1. The van der Waals surface area contributed by atoms with Gasteiger partial charge in [0.15, 0.2) is 0 Å². The van der Waals surface area contributed by atoms with Crippen molar-refractivity contribution in [2.45, 2.75) is 19.9 Å². The molecule has 1 aromatic carbocycles. The van der Waals surface area contributed by atoms with Crippen LogP contribution in [-0.2, 0) is 9.53 Å². The van der Waals surface area contributed by atoms with Gasteiger partial charge in [-0.3, -0.25) is 9.59 Å². The van der Waals surface area contributed by atoms with E-state index in [-0.39, 0.29) is 17.5 Å². The van der Waals surface area contributed by atoms with Gasteiger partial charge in [0.25, 0.3) is 5.91 Å². The van der Waals surface area contributed by atoms with Gasteiger partial charge in [-0.2, -0.15) is 0 Å². The number of aromatic nitrogens is 2. The number of para-hydroxylation sites is 1. The minimum Gasteiger partial charge on any atom is -0.383 e. The van der Waals surface area contributed by atoms with Gasteiger partial charge < -0.3 is 20.4 Å². The highest BCUT2D eigenvalue weighted by Crippen LogP contribution is 2.27. The summed E-state index contributed by atoms with van der Waals surface area (Å²) in [6.07, 6.45) is 0. The van der Waals surface area contributed by atoms with E-state index in [1.165, 1.54) is 0 Å². The standard InChI is InChI=1S/C19H22N4O3/c1-11-17-14(13-6-4-5-7-15(13)23-17)10-16(21-11)19(25)22-12(2)18(24)20-8-9-26-3/h4-7,10,12,23H,8-9H2,1-3H3,(H,20,24)(H,22,25)/t12-/m0/s1. The third kappa shape index (κ3) is 3.52. The molecule has 0 bridgehead atoms. The van der Waals surface area contributed by atoms with Crippen LogP contribution < -0.4 is 10.6 Å². The van der Waals surface area contributed by atoms with Crippen molar-refractivity contribution in [1.29, 1.82) is 0 Å². The molecule has 0 fully saturated rings. The number of hydrogen-bond acceptors (Lipinski definition) is 4. The summed E-state index contributed by atoms with van der Waals surface area (Å²) >= 11 is 0. The van der Waals surface area contributed by atoms with Crippen LogP contribution in [-0.4, -0.2) is 48.1 Å². The molecule has 0 spiro atoms. The Morgan fingerprint density at radius 1 is 1.27 bits per heavy atom. The number of hydrogen-bond donors (Lipinski definition) is 3. The average molecular weight is 354 g/mol. The number of aryl methyl sites for hydroxylation is 1. The molecular weight excluding hydrogens is 332 g/mol. The Morgan fingerprint density at radius 2 is 2.04 bits per heavy atom. The third-order valence-electron chi connectivity index (χ3n) is 4.26. The average Bonchev–Trinajstić information content (AvgIpc) is 3.01. The number of aromatic amines is 1. The van der Waals surface area contributed by atoms with Gasteiger partial charge in [-0.15, -0.1) is 0 Å². The zero-order chi connectivity index (χ0) is 18.7. The summed E-state index contributed by atoms with van der Waals surface area (Å²) in [5, 5.41) is 7.36. The molecule has 3 rings (SSSR count). The maximum atomic E-state index is 12.6. The van der Waals surface area contributed by atoms with Crippen LogP contribution in [0.1, 0.15) is 23.1 Å². The molecule has 7 nitrogen and oxygen atoms in total. The fourth-order valence-corrected chi connectivity index (χ4v) is 2.89. The van der Waals surface area contributed by atoms with Crippen LogP contribution in [0.25, 0.3) is 21.8 Å². The summed E-state index contributed by atoms with van der Waals surface area (Å²) in [6, 6.07) is 8.99. The highest BCUT2D eigenvalue weighted by molar-refractivity contribution is 6.10. The highest BCUT2D eigenvalue weighted by atomic mass is 16.5. The van der Waals surface area contributed by atoms with Crippen LogP contribution in [0, 0.1) is 6.92 Å². The highest BCUT2D eigenvalue weighted by Gasteiger charge is 2.19. The van der Waals surface area contributed by atoms with E-state index in [9.17, 15) is 9.59 Å². The first-order valence-corrected chi connectivity index (χ1v) is 8.47. The Bertz CT molecular complexity index is 964. The van der Waals surface area contributed by atoms with E-state index in [4.69, 9.17) is 4.74 Å². The largest absolute Gasteiger partial charge is 0.383 e. The van der Waals surface area contributed by atoms with Gasteiger partial charge in [0, 0.05) is 29.9 Å². The number of carbonyl (C=O) groups is 2. The van der Waals surface area contributed by atoms with Crippen molar-refractivity contribution < 1.29 is 14.3 Å². The van der Waals surface area contributed by atoms with Gasteiger partial charge in [0.05, 0.1) is 17.8 Å².